The summed E-state index contributed by atoms with van der Waals surface area (Å²) in [6, 6.07) is 1.28. The van der Waals surface area contributed by atoms with Crippen molar-refractivity contribution in [3.63, 3.8) is 0 Å². The number of thioether (sulfide) groups is 1. The molecule has 0 spiro atoms. The molecule has 26 heavy (non-hydrogen) atoms. The third-order valence-corrected chi connectivity index (χ3v) is 7.72. The molecular weight excluding hydrogens is 394 g/mol. The second-order valence-corrected chi connectivity index (χ2v) is 10.4. The minimum atomic E-state index is -3.02. The average molecular weight is 416 g/mol. The molecular formula is C16H21N3O4S3. The van der Waals surface area contributed by atoms with Crippen LogP contribution in [0.15, 0.2) is 22.4 Å². The third-order valence-electron chi connectivity index (χ3n) is 4.27. The summed E-state index contributed by atoms with van der Waals surface area (Å²) in [5, 5.41) is 1.81. The normalized spacial score (nSPS) is 19.0. The Hall–Kier alpha value is -1.39. The number of hydrogen-bond acceptors (Lipinski definition) is 7. The molecule has 0 N–H and O–H groups in total. The number of rotatable bonds is 7. The maximum Gasteiger partial charge on any atom is 0.258 e. The number of hydrogen-bond donors (Lipinski definition) is 0. The van der Waals surface area contributed by atoms with E-state index >= 15 is 0 Å². The topological polar surface area (TPSA) is 88.8 Å². The van der Waals surface area contributed by atoms with Crippen LogP contribution < -0.4 is 5.56 Å². The van der Waals surface area contributed by atoms with E-state index in [1.54, 1.807) is 11.1 Å². The van der Waals surface area contributed by atoms with E-state index in [2.05, 4.69) is 4.98 Å². The Kier molecular flexibility index (Phi) is 6.03. The number of sulfone groups is 1. The van der Waals surface area contributed by atoms with Gasteiger partial charge in [-0.1, -0.05) is 6.92 Å². The number of carbonyl (C=O) groups is 1. The van der Waals surface area contributed by atoms with Crippen molar-refractivity contribution in [2.45, 2.75) is 31.6 Å². The molecule has 0 aromatic carbocycles. The van der Waals surface area contributed by atoms with Crippen LogP contribution >= 0.6 is 23.1 Å². The lowest BCUT2D eigenvalue weighted by Gasteiger charge is -2.27. The summed E-state index contributed by atoms with van der Waals surface area (Å²) in [5.74, 6) is 0.900. The summed E-state index contributed by atoms with van der Waals surface area (Å²) in [7, 11) is -3.02. The van der Waals surface area contributed by atoms with Crippen LogP contribution in [0.2, 0.25) is 0 Å². The van der Waals surface area contributed by atoms with Crippen LogP contribution in [-0.4, -0.2) is 58.5 Å². The molecule has 1 atom stereocenters. The zero-order chi connectivity index (χ0) is 18.7. The molecule has 10 heteroatoms. The first-order valence-corrected chi connectivity index (χ1v) is 12.3. The molecule has 1 amide bonds. The molecule has 0 unspecified atom stereocenters. The van der Waals surface area contributed by atoms with Crippen LogP contribution in [0.25, 0.3) is 4.96 Å². The Labute approximate surface area is 160 Å². The summed E-state index contributed by atoms with van der Waals surface area (Å²) in [5.41, 5.74) is 0.530. The van der Waals surface area contributed by atoms with E-state index in [0.29, 0.717) is 29.4 Å². The second-order valence-electron chi connectivity index (χ2n) is 6.28. The highest BCUT2D eigenvalue weighted by atomic mass is 32.2. The quantitative estimate of drug-likeness (QED) is 0.679. The Balaban J connectivity index is 1.60. The lowest BCUT2D eigenvalue weighted by Crippen LogP contribution is -2.42. The molecule has 1 saturated heterocycles. The fourth-order valence-electron chi connectivity index (χ4n) is 3.06. The minimum Gasteiger partial charge on any atom is -0.338 e. The number of amides is 1. The van der Waals surface area contributed by atoms with Gasteiger partial charge in [0.25, 0.3) is 5.56 Å². The van der Waals surface area contributed by atoms with E-state index < -0.39 is 9.84 Å². The van der Waals surface area contributed by atoms with Crippen molar-refractivity contribution in [2.75, 3.05) is 23.8 Å². The number of thiazole rings is 1. The van der Waals surface area contributed by atoms with Crippen molar-refractivity contribution in [1.82, 2.24) is 14.3 Å². The van der Waals surface area contributed by atoms with Gasteiger partial charge in [0, 0.05) is 36.0 Å². The van der Waals surface area contributed by atoms with E-state index in [4.69, 9.17) is 0 Å². The molecule has 1 aliphatic heterocycles. The second kappa shape index (κ2) is 8.10. The predicted octanol–water partition coefficient (Wildman–Crippen LogP) is 1.41. The van der Waals surface area contributed by atoms with E-state index in [1.807, 2.05) is 12.3 Å². The number of nitrogens with zero attached hydrogens (tertiary/aromatic N) is 3. The molecule has 2 aromatic heterocycles. The molecule has 7 nitrogen and oxygen atoms in total. The zero-order valence-electron chi connectivity index (χ0n) is 14.5. The van der Waals surface area contributed by atoms with Gasteiger partial charge in [0.1, 0.15) is 0 Å². The number of carbonyl (C=O) groups excluding carboxylic acids is 1. The summed E-state index contributed by atoms with van der Waals surface area (Å²) < 4.78 is 24.9. The van der Waals surface area contributed by atoms with Gasteiger partial charge >= 0.3 is 0 Å². The number of aromatic nitrogens is 2. The summed E-state index contributed by atoms with van der Waals surface area (Å²) in [6.45, 7) is 2.55. The van der Waals surface area contributed by atoms with Crippen LogP contribution in [0.3, 0.4) is 0 Å². The van der Waals surface area contributed by atoms with E-state index in [0.717, 1.165) is 6.42 Å². The monoisotopic (exact) mass is 415 g/mol. The van der Waals surface area contributed by atoms with E-state index in [-0.39, 0.29) is 34.8 Å². The van der Waals surface area contributed by atoms with Gasteiger partial charge in [0.05, 0.1) is 23.0 Å². The fraction of sp³-hybridized carbons (Fsp3) is 0.562. The van der Waals surface area contributed by atoms with Crippen molar-refractivity contribution < 1.29 is 13.2 Å². The molecule has 3 heterocycles. The van der Waals surface area contributed by atoms with Gasteiger partial charge < -0.3 is 4.90 Å². The van der Waals surface area contributed by atoms with Crippen molar-refractivity contribution in [1.29, 1.82) is 0 Å². The molecule has 0 radical (unpaired) electrons. The molecule has 1 fully saturated rings. The maximum absolute atomic E-state index is 12.6. The summed E-state index contributed by atoms with van der Waals surface area (Å²) in [4.78, 5) is 31.3. The van der Waals surface area contributed by atoms with Crippen molar-refractivity contribution >= 4 is 43.8 Å². The molecule has 2 aromatic rings. The number of fused-ring (bicyclic) bond motifs is 1. The highest BCUT2D eigenvalue weighted by Gasteiger charge is 2.34. The van der Waals surface area contributed by atoms with Gasteiger partial charge in [-0.25, -0.2) is 13.4 Å². The molecule has 0 aliphatic carbocycles. The molecule has 0 bridgehead atoms. The van der Waals surface area contributed by atoms with Crippen molar-refractivity contribution in [2.24, 2.45) is 0 Å². The van der Waals surface area contributed by atoms with Gasteiger partial charge in [0.15, 0.2) is 14.8 Å². The predicted molar refractivity (Wildman–Crippen MR) is 105 cm³/mol. The summed E-state index contributed by atoms with van der Waals surface area (Å²) >= 11 is 2.79. The van der Waals surface area contributed by atoms with Gasteiger partial charge in [-0.15, -0.1) is 23.1 Å². The Morgan fingerprint density at radius 2 is 2.31 bits per heavy atom. The summed E-state index contributed by atoms with van der Waals surface area (Å²) in [6.07, 6.45) is 3.00. The molecule has 1 aliphatic rings. The Morgan fingerprint density at radius 1 is 1.50 bits per heavy atom. The Morgan fingerprint density at radius 3 is 3.00 bits per heavy atom. The fourth-order valence-corrected chi connectivity index (χ4v) is 6.33. The third kappa shape index (κ3) is 4.47. The Bertz CT molecular complexity index is 951. The van der Waals surface area contributed by atoms with Gasteiger partial charge in [0.2, 0.25) is 5.91 Å². The SMILES string of the molecule is CCCN(C(=O)CSCc1cc(=O)n2ccsc2n1)[C@H]1CCS(=O)(=O)C1. The highest BCUT2D eigenvalue weighted by Crippen LogP contribution is 2.20. The van der Waals surface area contributed by atoms with Crippen molar-refractivity contribution in [3.05, 3.63) is 33.7 Å². The standard InChI is InChI=1S/C16H21N3O4S3/c1-2-4-18(13-3-7-26(22,23)11-13)15(21)10-24-9-12-8-14(20)19-5-6-25-16(19)17-12/h5-6,8,13H,2-4,7,9-11H2,1H3/t13-/m0/s1. The van der Waals surface area contributed by atoms with Crippen LogP contribution in [0.1, 0.15) is 25.5 Å². The van der Waals surface area contributed by atoms with Crippen molar-refractivity contribution in [3.8, 4) is 0 Å². The lowest BCUT2D eigenvalue weighted by atomic mass is 10.2. The van der Waals surface area contributed by atoms with Gasteiger partial charge in [-0.05, 0) is 12.8 Å². The van der Waals surface area contributed by atoms with E-state index in [9.17, 15) is 18.0 Å². The zero-order valence-corrected chi connectivity index (χ0v) is 16.9. The average Bonchev–Trinajstić information content (AvgIpc) is 3.19. The van der Waals surface area contributed by atoms with Gasteiger partial charge in [-0.3, -0.25) is 14.0 Å². The lowest BCUT2D eigenvalue weighted by molar-refractivity contribution is -0.130. The highest BCUT2D eigenvalue weighted by molar-refractivity contribution is 7.99. The van der Waals surface area contributed by atoms with Crippen LogP contribution in [0, 0.1) is 0 Å². The maximum atomic E-state index is 12.6. The largest absolute Gasteiger partial charge is 0.338 e. The first-order chi connectivity index (χ1) is 12.4. The van der Waals surface area contributed by atoms with Crippen LogP contribution in [0.4, 0.5) is 0 Å². The van der Waals surface area contributed by atoms with Crippen LogP contribution in [-0.2, 0) is 20.4 Å². The molecule has 3 rings (SSSR count). The first kappa shape index (κ1) is 19.4. The van der Waals surface area contributed by atoms with Gasteiger partial charge in [-0.2, -0.15) is 0 Å². The first-order valence-electron chi connectivity index (χ1n) is 8.43. The van der Waals surface area contributed by atoms with E-state index in [1.165, 1.54) is 33.6 Å². The molecule has 0 saturated carbocycles. The minimum absolute atomic E-state index is 0.0483. The molecule has 142 valence electrons. The van der Waals surface area contributed by atoms with Crippen LogP contribution in [0.5, 0.6) is 0 Å². The smallest absolute Gasteiger partial charge is 0.258 e.